The maximum absolute atomic E-state index is 12.2. The van der Waals surface area contributed by atoms with Gasteiger partial charge in [0.15, 0.2) is 0 Å². The Kier molecular flexibility index (Phi) is 7.64. The molecule has 2 N–H and O–H groups in total. The van der Waals surface area contributed by atoms with E-state index in [1.807, 2.05) is 61.5 Å². The highest BCUT2D eigenvalue weighted by molar-refractivity contribution is 5.98. The van der Waals surface area contributed by atoms with Crippen molar-refractivity contribution in [2.75, 3.05) is 11.9 Å². The normalized spacial score (nSPS) is 11.4. The van der Waals surface area contributed by atoms with Crippen molar-refractivity contribution < 1.29 is 4.79 Å². The van der Waals surface area contributed by atoms with Gasteiger partial charge in [-0.15, -0.1) is 12.4 Å². The summed E-state index contributed by atoms with van der Waals surface area (Å²) in [6, 6.07) is 17.8. The number of halogens is 1. The highest BCUT2D eigenvalue weighted by Crippen LogP contribution is 2.27. The second-order valence-corrected chi connectivity index (χ2v) is 5.08. The fourth-order valence-corrected chi connectivity index (χ4v) is 2.16. The molecule has 1 atom stereocenters. The van der Waals surface area contributed by atoms with E-state index in [0.29, 0.717) is 0 Å². The third-order valence-electron chi connectivity index (χ3n) is 3.36. The quantitative estimate of drug-likeness (QED) is 0.842. The molecule has 4 heteroatoms. The van der Waals surface area contributed by atoms with Gasteiger partial charge in [-0.25, -0.2) is 0 Å². The molecule has 0 spiro atoms. The van der Waals surface area contributed by atoms with Gasteiger partial charge in [0.1, 0.15) is 0 Å². The van der Waals surface area contributed by atoms with E-state index < -0.39 is 0 Å². The molecule has 0 saturated heterocycles. The van der Waals surface area contributed by atoms with Crippen LogP contribution in [0.2, 0.25) is 0 Å². The number of hydrogen-bond acceptors (Lipinski definition) is 2. The fraction of sp³-hybridized carbons (Fsp3) is 0.278. The van der Waals surface area contributed by atoms with E-state index in [0.717, 1.165) is 29.8 Å². The molecule has 2 aromatic carbocycles. The number of amides is 1. The highest BCUT2D eigenvalue weighted by Gasteiger charge is 2.13. The first kappa shape index (κ1) is 18.2. The van der Waals surface area contributed by atoms with Gasteiger partial charge in [-0.05, 0) is 31.5 Å². The van der Waals surface area contributed by atoms with Gasteiger partial charge in [-0.2, -0.15) is 0 Å². The summed E-state index contributed by atoms with van der Waals surface area (Å²) >= 11 is 0. The molecule has 22 heavy (non-hydrogen) atoms. The topological polar surface area (TPSA) is 41.1 Å². The van der Waals surface area contributed by atoms with E-state index in [4.69, 9.17) is 0 Å². The Labute approximate surface area is 138 Å². The molecule has 0 aliphatic rings. The van der Waals surface area contributed by atoms with E-state index in [1.54, 1.807) is 0 Å². The van der Waals surface area contributed by atoms with Crippen LogP contribution in [0.25, 0.3) is 11.1 Å². The van der Waals surface area contributed by atoms with E-state index >= 15 is 0 Å². The van der Waals surface area contributed by atoms with Crippen LogP contribution in [0.15, 0.2) is 54.6 Å². The second-order valence-electron chi connectivity index (χ2n) is 5.08. The Balaban J connectivity index is 0.00000242. The van der Waals surface area contributed by atoms with Crippen LogP contribution in [0.3, 0.4) is 0 Å². The van der Waals surface area contributed by atoms with Crippen LogP contribution in [0, 0.1) is 0 Å². The first-order chi connectivity index (χ1) is 10.2. The number of benzene rings is 2. The van der Waals surface area contributed by atoms with Crippen LogP contribution in [-0.2, 0) is 4.79 Å². The van der Waals surface area contributed by atoms with E-state index in [-0.39, 0.29) is 24.4 Å². The number of carbonyl (C=O) groups is 1. The van der Waals surface area contributed by atoms with Crippen molar-refractivity contribution in [3.05, 3.63) is 54.6 Å². The minimum atomic E-state index is -0.200. The van der Waals surface area contributed by atoms with Crippen molar-refractivity contribution in [2.24, 2.45) is 0 Å². The van der Waals surface area contributed by atoms with Crippen LogP contribution in [0.1, 0.15) is 20.3 Å². The lowest BCUT2D eigenvalue weighted by Crippen LogP contribution is -2.38. The van der Waals surface area contributed by atoms with Crippen molar-refractivity contribution in [1.82, 2.24) is 5.32 Å². The number of rotatable bonds is 6. The number of nitrogens with one attached hydrogen (secondary N) is 2. The Morgan fingerprint density at radius 2 is 1.68 bits per heavy atom. The van der Waals surface area contributed by atoms with E-state index in [9.17, 15) is 4.79 Å². The first-order valence-electron chi connectivity index (χ1n) is 7.41. The molecular formula is C18H23ClN2O. The number of para-hydroxylation sites is 1. The molecule has 1 amide bonds. The average Bonchev–Trinajstić information content (AvgIpc) is 2.54. The summed E-state index contributed by atoms with van der Waals surface area (Å²) < 4.78 is 0. The zero-order valence-corrected chi connectivity index (χ0v) is 13.8. The zero-order chi connectivity index (χ0) is 15.1. The molecule has 1 unspecified atom stereocenters. The Hall–Kier alpha value is -1.84. The molecule has 0 aliphatic carbocycles. The maximum atomic E-state index is 12.2. The van der Waals surface area contributed by atoms with E-state index in [2.05, 4.69) is 17.6 Å². The summed E-state index contributed by atoms with van der Waals surface area (Å²) in [6.45, 7) is 4.81. The van der Waals surface area contributed by atoms with Gasteiger partial charge in [-0.3, -0.25) is 4.79 Å². The van der Waals surface area contributed by atoms with Crippen molar-refractivity contribution >= 4 is 24.0 Å². The molecule has 0 saturated carbocycles. The molecule has 0 heterocycles. The van der Waals surface area contributed by atoms with Gasteiger partial charge in [0.2, 0.25) is 5.91 Å². The lowest BCUT2D eigenvalue weighted by Gasteiger charge is -2.16. The summed E-state index contributed by atoms with van der Waals surface area (Å²) in [4.78, 5) is 12.2. The average molecular weight is 319 g/mol. The smallest absolute Gasteiger partial charge is 0.241 e. The third kappa shape index (κ3) is 4.86. The lowest BCUT2D eigenvalue weighted by molar-refractivity contribution is -0.117. The van der Waals surface area contributed by atoms with Crippen LogP contribution < -0.4 is 10.6 Å². The minimum Gasteiger partial charge on any atom is -0.324 e. The Morgan fingerprint density at radius 1 is 1.05 bits per heavy atom. The van der Waals surface area contributed by atoms with Crippen LogP contribution in [0.5, 0.6) is 0 Å². The molecule has 118 valence electrons. The van der Waals surface area contributed by atoms with Crippen molar-refractivity contribution in [3.63, 3.8) is 0 Å². The van der Waals surface area contributed by atoms with Gasteiger partial charge in [0.05, 0.1) is 6.04 Å². The van der Waals surface area contributed by atoms with Crippen LogP contribution in [-0.4, -0.2) is 18.5 Å². The number of anilines is 1. The third-order valence-corrected chi connectivity index (χ3v) is 3.36. The predicted molar refractivity (Wildman–Crippen MR) is 95.5 cm³/mol. The highest BCUT2D eigenvalue weighted by atomic mass is 35.5. The summed E-state index contributed by atoms with van der Waals surface area (Å²) in [6.07, 6.45) is 1.01. The maximum Gasteiger partial charge on any atom is 0.241 e. The molecule has 2 aromatic rings. The zero-order valence-electron chi connectivity index (χ0n) is 13.0. The second kappa shape index (κ2) is 9.23. The standard InChI is InChI=1S/C18H22N2O.ClH/c1-3-13-19-14(2)18(21)20-17-12-8-7-11-16(17)15-9-5-4-6-10-15;/h4-12,14,19H,3,13H2,1-2H3,(H,20,21);1H. The summed E-state index contributed by atoms with van der Waals surface area (Å²) in [5.41, 5.74) is 2.98. The minimum absolute atomic E-state index is 0. The Bertz CT molecular complexity index is 587. The molecular weight excluding hydrogens is 296 g/mol. The first-order valence-corrected chi connectivity index (χ1v) is 7.41. The van der Waals surface area contributed by atoms with E-state index in [1.165, 1.54) is 0 Å². The van der Waals surface area contributed by atoms with Gasteiger partial charge in [0.25, 0.3) is 0 Å². The van der Waals surface area contributed by atoms with Crippen molar-refractivity contribution in [3.8, 4) is 11.1 Å². The monoisotopic (exact) mass is 318 g/mol. The molecule has 0 fully saturated rings. The van der Waals surface area contributed by atoms with Gasteiger partial charge in [0, 0.05) is 11.3 Å². The molecule has 0 radical (unpaired) electrons. The summed E-state index contributed by atoms with van der Waals surface area (Å²) in [5.74, 6) is -0.00756. The predicted octanol–water partition coefficient (Wildman–Crippen LogP) is 4.10. The van der Waals surface area contributed by atoms with Gasteiger partial charge in [-0.1, -0.05) is 55.5 Å². The summed E-state index contributed by atoms with van der Waals surface area (Å²) in [5, 5.41) is 6.22. The van der Waals surface area contributed by atoms with Crippen molar-refractivity contribution in [1.29, 1.82) is 0 Å². The SMILES string of the molecule is CCCNC(C)C(=O)Nc1ccccc1-c1ccccc1.Cl. The largest absolute Gasteiger partial charge is 0.324 e. The number of hydrogen-bond donors (Lipinski definition) is 2. The Morgan fingerprint density at radius 3 is 2.36 bits per heavy atom. The van der Waals surface area contributed by atoms with Crippen LogP contribution in [0.4, 0.5) is 5.69 Å². The lowest BCUT2D eigenvalue weighted by atomic mass is 10.0. The van der Waals surface area contributed by atoms with Gasteiger partial charge >= 0.3 is 0 Å². The number of carbonyl (C=O) groups excluding carboxylic acids is 1. The molecule has 0 aliphatic heterocycles. The van der Waals surface area contributed by atoms with Crippen LogP contribution >= 0.6 is 12.4 Å². The molecule has 3 nitrogen and oxygen atoms in total. The molecule has 2 rings (SSSR count). The van der Waals surface area contributed by atoms with Gasteiger partial charge < -0.3 is 10.6 Å². The molecule has 0 bridgehead atoms. The molecule has 0 aromatic heterocycles. The van der Waals surface area contributed by atoms with Crippen molar-refractivity contribution in [2.45, 2.75) is 26.3 Å². The fourth-order valence-electron chi connectivity index (χ4n) is 2.16. The summed E-state index contributed by atoms with van der Waals surface area (Å²) in [7, 11) is 0.